The number of aryl methyl sites for hydroxylation is 1. The smallest absolute Gasteiger partial charge is 0.337 e. The molecule has 2 N–H and O–H groups in total. The van der Waals surface area contributed by atoms with Crippen molar-refractivity contribution in [2.45, 2.75) is 39.3 Å². The number of carboxylic acids is 1. The summed E-state index contributed by atoms with van der Waals surface area (Å²) in [5, 5.41) is 20.2. The number of unbranched alkanes of at least 4 members (excludes halogenated alkanes) is 1. The summed E-state index contributed by atoms with van der Waals surface area (Å²) in [5.41, 5.74) is 3.70. The Kier molecular flexibility index (Phi) is 6.25. The summed E-state index contributed by atoms with van der Waals surface area (Å²) in [4.78, 5) is 16.2. The fourth-order valence-corrected chi connectivity index (χ4v) is 4.40. The third-order valence-electron chi connectivity index (χ3n) is 5.50. The lowest BCUT2D eigenvalue weighted by molar-refractivity contribution is 0.0698. The minimum Gasteiger partial charge on any atom is -0.478 e. The summed E-state index contributed by atoms with van der Waals surface area (Å²) >= 11 is 3.55. The van der Waals surface area contributed by atoms with Crippen LogP contribution in [0, 0.1) is 0 Å². The molecular weight excluding hydrogens is 458 g/mol. The first kappa shape index (κ1) is 21.3. The molecule has 0 bridgehead atoms. The zero-order valence-corrected chi connectivity index (χ0v) is 18.8. The Morgan fingerprint density at radius 3 is 2.61 bits per heavy atom. The molecule has 0 radical (unpaired) electrons. The van der Waals surface area contributed by atoms with Gasteiger partial charge < -0.3 is 19.3 Å². The highest BCUT2D eigenvalue weighted by Gasteiger charge is 2.16. The molecule has 0 saturated carbocycles. The molecule has 4 aromatic rings. The summed E-state index contributed by atoms with van der Waals surface area (Å²) in [6, 6.07) is 13.3. The summed E-state index contributed by atoms with van der Waals surface area (Å²) in [7, 11) is 0. The van der Waals surface area contributed by atoms with Gasteiger partial charge in [0.1, 0.15) is 5.82 Å². The molecule has 160 valence electrons. The van der Waals surface area contributed by atoms with Crippen LogP contribution in [-0.2, 0) is 19.6 Å². The maximum atomic E-state index is 11.7. The molecule has 7 heteroatoms. The van der Waals surface area contributed by atoms with E-state index in [1.54, 1.807) is 18.3 Å². The average Bonchev–Trinajstić information content (AvgIpc) is 3.33. The number of benzene rings is 2. The van der Waals surface area contributed by atoms with Gasteiger partial charge in [0, 0.05) is 34.7 Å². The van der Waals surface area contributed by atoms with Crippen LogP contribution in [0.1, 0.15) is 47.2 Å². The van der Waals surface area contributed by atoms with Crippen LogP contribution in [-0.4, -0.2) is 30.3 Å². The Hall–Kier alpha value is -2.90. The minimum absolute atomic E-state index is 0.0431. The number of halogens is 1. The number of aromatic nitrogens is 3. The van der Waals surface area contributed by atoms with Crippen molar-refractivity contribution >= 4 is 32.8 Å². The largest absolute Gasteiger partial charge is 0.478 e. The Morgan fingerprint density at radius 2 is 1.94 bits per heavy atom. The monoisotopic (exact) mass is 481 g/mol. The summed E-state index contributed by atoms with van der Waals surface area (Å²) in [5.74, 6) is 0.0340. The second-order valence-electron chi connectivity index (χ2n) is 7.53. The molecule has 0 saturated heterocycles. The van der Waals surface area contributed by atoms with E-state index in [2.05, 4.69) is 32.4 Å². The highest BCUT2D eigenvalue weighted by atomic mass is 79.9. The maximum Gasteiger partial charge on any atom is 0.337 e. The first-order chi connectivity index (χ1) is 15.0. The molecule has 0 amide bonds. The number of imidazole rings is 1. The van der Waals surface area contributed by atoms with Crippen molar-refractivity contribution in [2.24, 2.45) is 0 Å². The highest BCUT2D eigenvalue weighted by molar-refractivity contribution is 9.10. The SMILES string of the molecule is CCCCc1ncc(CO)n1Cc1ccc(-n2cc(Br)c3cccc(C(=O)O)c32)cc1. The number of carbonyl (C=O) groups is 1. The van der Waals surface area contributed by atoms with Crippen LogP contribution in [0.3, 0.4) is 0 Å². The number of carboxylic acid groups (broad SMARTS) is 1. The van der Waals surface area contributed by atoms with Crippen molar-refractivity contribution in [1.29, 1.82) is 0 Å². The lowest BCUT2D eigenvalue weighted by Gasteiger charge is -2.13. The standard InChI is InChI=1S/C24H24BrN3O3/c1-2-3-7-22-26-12-18(15-29)27(22)13-16-8-10-17(11-9-16)28-14-21(25)19-5-4-6-20(23(19)28)24(30)31/h4-6,8-12,14,29H,2-3,7,13,15H2,1H3,(H,30,31). The topological polar surface area (TPSA) is 80.3 Å². The summed E-state index contributed by atoms with van der Waals surface area (Å²) in [6.45, 7) is 2.74. The molecule has 2 heterocycles. The molecule has 4 rings (SSSR count). The maximum absolute atomic E-state index is 11.7. The number of hydrogen-bond acceptors (Lipinski definition) is 3. The molecule has 0 fully saturated rings. The number of hydrogen-bond donors (Lipinski definition) is 2. The molecule has 0 unspecified atom stereocenters. The van der Waals surface area contributed by atoms with Crippen LogP contribution in [0.5, 0.6) is 0 Å². The van der Waals surface area contributed by atoms with Gasteiger partial charge in [-0.3, -0.25) is 0 Å². The van der Waals surface area contributed by atoms with Crippen molar-refractivity contribution in [3.8, 4) is 5.69 Å². The molecule has 0 aliphatic rings. The quantitative estimate of drug-likeness (QED) is 0.363. The van der Waals surface area contributed by atoms with E-state index in [9.17, 15) is 15.0 Å². The van der Waals surface area contributed by atoms with Crippen molar-refractivity contribution in [3.05, 3.63) is 82.0 Å². The van der Waals surface area contributed by atoms with Crippen LogP contribution in [0.15, 0.2) is 59.3 Å². The number of fused-ring (bicyclic) bond motifs is 1. The molecule has 0 atom stereocenters. The van der Waals surface area contributed by atoms with E-state index in [1.807, 2.05) is 41.1 Å². The van der Waals surface area contributed by atoms with Gasteiger partial charge in [-0.25, -0.2) is 9.78 Å². The van der Waals surface area contributed by atoms with Gasteiger partial charge in [0.2, 0.25) is 0 Å². The Bertz CT molecular complexity index is 1230. The molecule has 0 aliphatic heterocycles. The van der Waals surface area contributed by atoms with Crippen molar-refractivity contribution in [1.82, 2.24) is 14.1 Å². The van der Waals surface area contributed by atoms with Crippen LogP contribution < -0.4 is 0 Å². The summed E-state index contributed by atoms with van der Waals surface area (Å²) in [6.07, 6.45) is 6.68. The van der Waals surface area contributed by atoms with E-state index in [4.69, 9.17) is 0 Å². The molecule has 31 heavy (non-hydrogen) atoms. The number of para-hydroxylation sites is 1. The van der Waals surface area contributed by atoms with Crippen LogP contribution in [0.4, 0.5) is 0 Å². The van der Waals surface area contributed by atoms with Crippen molar-refractivity contribution in [2.75, 3.05) is 0 Å². The van der Waals surface area contributed by atoms with Crippen LogP contribution in [0.25, 0.3) is 16.6 Å². The first-order valence-electron chi connectivity index (χ1n) is 10.3. The van der Waals surface area contributed by atoms with E-state index < -0.39 is 5.97 Å². The van der Waals surface area contributed by atoms with Gasteiger partial charge in [-0.05, 0) is 46.1 Å². The predicted octanol–water partition coefficient (Wildman–Crippen LogP) is 5.17. The van der Waals surface area contributed by atoms with Gasteiger partial charge in [-0.2, -0.15) is 0 Å². The number of aliphatic hydroxyl groups excluding tert-OH is 1. The minimum atomic E-state index is -0.953. The fourth-order valence-electron chi connectivity index (χ4n) is 3.87. The molecule has 2 aromatic carbocycles. The predicted molar refractivity (Wildman–Crippen MR) is 124 cm³/mol. The Labute approximate surface area is 188 Å². The third-order valence-corrected chi connectivity index (χ3v) is 6.13. The van der Waals surface area contributed by atoms with Crippen molar-refractivity contribution in [3.63, 3.8) is 0 Å². The Balaban J connectivity index is 1.68. The zero-order chi connectivity index (χ0) is 22.0. The Morgan fingerprint density at radius 1 is 1.16 bits per heavy atom. The average molecular weight is 482 g/mol. The lowest BCUT2D eigenvalue weighted by Crippen LogP contribution is -2.09. The van der Waals surface area contributed by atoms with E-state index in [0.717, 1.165) is 51.9 Å². The van der Waals surface area contributed by atoms with E-state index in [1.165, 1.54) is 0 Å². The second-order valence-corrected chi connectivity index (χ2v) is 8.39. The zero-order valence-electron chi connectivity index (χ0n) is 17.3. The molecular formula is C24H24BrN3O3. The molecule has 0 aliphatic carbocycles. The van der Waals surface area contributed by atoms with Gasteiger partial charge in [0.25, 0.3) is 0 Å². The second kappa shape index (κ2) is 9.08. The number of aromatic carboxylic acids is 1. The van der Waals surface area contributed by atoms with E-state index >= 15 is 0 Å². The van der Waals surface area contributed by atoms with Gasteiger partial charge >= 0.3 is 5.97 Å². The van der Waals surface area contributed by atoms with E-state index in [0.29, 0.717) is 12.1 Å². The number of rotatable bonds is 8. The summed E-state index contributed by atoms with van der Waals surface area (Å²) < 4.78 is 4.83. The third kappa shape index (κ3) is 4.16. The molecule has 0 spiro atoms. The van der Waals surface area contributed by atoms with Crippen LogP contribution >= 0.6 is 15.9 Å². The molecule has 2 aromatic heterocycles. The van der Waals surface area contributed by atoms with Crippen LogP contribution in [0.2, 0.25) is 0 Å². The number of aliphatic hydroxyl groups is 1. The van der Waals surface area contributed by atoms with Gasteiger partial charge in [0.15, 0.2) is 0 Å². The normalized spacial score (nSPS) is 11.3. The van der Waals surface area contributed by atoms with E-state index in [-0.39, 0.29) is 12.2 Å². The fraction of sp³-hybridized carbons (Fsp3) is 0.250. The van der Waals surface area contributed by atoms with Gasteiger partial charge in [-0.1, -0.05) is 37.6 Å². The van der Waals surface area contributed by atoms with Crippen molar-refractivity contribution < 1.29 is 15.0 Å². The highest BCUT2D eigenvalue weighted by Crippen LogP contribution is 2.31. The molecule has 6 nitrogen and oxygen atoms in total. The number of nitrogens with zero attached hydrogens (tertiary/aromatic N) is 3. The first-order valence-corrected chi connectivity index (χ1v) is 11.1. The lowest BCUT2D eigenvalue weighted by atomic mass is 10.1. The van der Waals surface area contributed by atoms with Gasteiger partial charge in [0.05, 0.1) is 29.6 Å². The van der Waals surface area contributed by atoms with Gasteiger partial charge in [-0.15, -0.1) is 0 Å².